The van der Waals surface area contributed by atoms with Gasteiger partial charge in [-0.05, 0) is 68.3 Å². The summed E-state index contributed by atoms with van der Waals surface area (Å²) in [5.41, 5.74) is 1.39. The highest BCUT2D eigenvalue weighted by Crippen LogP contribution is 2.30. The van der Waals surface area contributed by atoms with Crippen molar-refractivity contribution >= 4 is 11.8 Å². The first-order valence-corrected chi connectivity index (χ1v) is 9.74. The van der Waals surface area contributed by atoms with E-state index in [9.17, 15) is 0 Å². The zero-order chi connectivity index (χ0) is 15.7. The van der Waals surface area contributed by atoms with E-state index in [1.54, 1.807) is 0 Å². The van der Waals surface area contributed by atoms with Gasteiger partial charge in [0.25, 0.3) is 0 Å². The van der Waals surface area contributed by atoms with E-state index in [4.69, 9.17) is 0 Å². The van der Waals surface area contributed by atoms with Gasteiger partial charge in [-0.25, -0.2) is 0 Å². The minimum Gasteiger partial charge on any atom is -0.296 e. The molecule has 1 aliphatic heterocycles. The van der Waals surface area contributed by atoms with Crippen LogP contribution in [0, 0.1) is 0 Å². The summed E-state index contributed by atoms with van der Waals surface area (Å²) in [4.78, 5) is 8.37. The Morgan fingerprint density at radius 2 is 1.96 bits per heavy atom. The monoisotopic (exact) mass is 326 g/mol. The second kappa shape index (κ2) is 9.09. The molecular formula is C20H26N2S. The van der Waals surface area contributed by atoms with E-state index < -0.39 is 0 Å². The standard InChI is InChI=1S/C20H26N2S/c1-2-10-19(11-3-1)23-16-7-6-15-22-14-5-4-12-20(22)18-9-8-13-21-17-18/h1-3,8-11,13,17,20H,4-7,12,14-16H2. The molecule has 3 heteroatoms. The minimum absolute atomic E-state index is 0.583. The van der Waals surface area contributed by atoms with Crippen molar-refractivity contribution in [2.75, 3.05) is 18.8 Å². The van der Waals surface area contributed by atoms with Crippen molar-refractivity contribution < 1.29 is 0 Å². The van der Waals surface area contributed by atoms with Crippen LogP contribution in [0.3, 0.4) is 0 Å². The molecular weight excluding hydrogens is 300 g/mol. The van der Waals surface area contributed by atoms with E-state index in [0.717, 1.165) is 0 Å². The second-order valence-electron chi connectivity index (χ2n) is 6.20. The highest BCUT2D eigenvalue weighted by molar-refractivity contribution is 7.99. The number of pyridine rings is 1. The second-order valence-corrected chi connectivity index (χ2v) is 7.37. The fourth-order valence-corrected chi connectivity index (χ4v) is 4.27. The Bertz CT molecular complexity index is 558. The maximum Gasteiger partial charge on any atom is 0.0363 e. The third-order valence-electron chi connectivity index (χ3n) is 4.53. The summed E-state index contributed by atoms with van der Waals surface area (Å²) in [5.74, 6) is 1.22. The Morgan fingerprint density at radius 1 is 1.04 bits per heavy atom. The quantitative estimate of drug-likeness (QED) is 0.515. The minimum atomic E-state index is 0.583. The number of nitrogens with zero attached hydrogens (tertiary/aromatic N) is 2. The van der Waals surface area contributed by atoms with E-state index >= 15 is 0 Å². The fourth-order valence-electron chi connectivity index (χ4n) is 3.33. The van der Waals surface area contributed by atoms with Crippen LogP contribution >= 0.6 is 11.8 Å². The molecule has 1 aliphatic rings. The Morgan fingerprint density at radius 3 is 2.78 bits per heavy atom. The maximum atomic E-state index is 4.31. The first-order valence-electron chi connectivity index (χ1n) is 8.75. The lowest BCUT2D eigenvalue weighted by molar-refractivity contribution is 0.146. The summed E-state index contributed by atoms with van der Waals surface area (Å²) >= 11 is 1.98. The normalized spacial score (nSPS) is 18.9. The number of benzene rings is 1. The molecule has 2 heterocycles. The molecule has 1 saturated heterocycles. The maximum absolute atomic E-state index is 4.31. The molecule has 122 valence electrons. The summed E-state index contributed by atoms with van der Waals surface area (Å²) in [6, 6.07) is 15.6. The van der Waals surface area contributed by atoms with Crippen molar-refractivity contribution in [3.05, 3.63) is 60.4 Å². The number of rotatable bonds is 7. The summed E-state index contributed by atoms with van der Waals surface area (Å²) in [6.45, 7) is 2.46. The van der Waals surface area contributed by atoms with Gasteiger partial charge in [-0.2, -0.15) is 0 Å². The van der Waals surface area contributed by atoms with Crippen LogP contribution in [0.15, 0.2) is 59.8 Å². The van der Waals surface area contributed by atoms with Crippen molar-refractivity contribution in [1.82, 2.24) is 9.88 Å². The molecule has 3 rings (SSSR count). The Hall–Kier alpha value is -1.32. The largest absolute Gasteiger partial charge is 0.296 e. The lowest BCUT2D eigenvalue weighted by Gasteiger charge is -2.35. The number of hydrogen-bond donors (Lipinski definition) is 0. The van der Waals surface area contributed by atoms with Gasteiger partial charge in [0.05, 0.1) is 0 Å². The van der Waals surface area contributed by atoms with Crippen molar-refractivity contribution in [3.8, 4) is 0 Å². The van der Waals surface area contributed by atoms with Crippen LogP contribution in [0.2, 0.25) is 0 Å². The van der Waals surface area contributed by atoms with E-state index in [2.05, 4.69) is 52.3 Å². The van der Waals surface area contributed by atoms with Crippen LogP contribution in [-0.4, -0.2) is 28.7 Å². The van der Waals surface area contributed by atoms with Crippen LogP contribution < -0.4 is 0 Å². The van der Waals surface area contributed by atoms with Gasteiger partial charge in [-0.1, -0.05) is 30.7 Å². The summed E-state index contributed by atoms with van der Waals surface area (Å²) in [7, 11) is 0. The van der Waals surface area contributed by atoms with E-state index in [0.29, 0.717) is 6.04 Å². The zero-order valence-electron chi connectivity index (χ0n) is 13.7. The molecule has 1 aromatic heterocycles. The molecule has 1 unspecified atom stereocenters. The average molecular weight is 327 g/mol. The summed E-state index contributed by atoms with van der Waals surface area (Å²) in [5, 5.41) is 0. The Balaban J connectivity index is 1.43. The third kappa shape index (κ3) is 5.08. The first kappa shape index (κ1) is 16.5. The molecule has 0 bridgehead atoms. The molecule has 0 aliphatic carbocycles. The number of aromatic nitrogens is 1. The number of unbranched alkanes of at least 4 members (excludes halogenated alkanes) is 1. The van der Waals surface area contributed by atoms with Crippen molar-refractivity contribution in [2.45, 2.75) is 43.0 Å². The average Bonchev–Trinajstić information content (AvgIpc) is 2.63. The molecule has 0 saturated carbocycles. The van der Waals surface area contributed by atoms with Gasteiger partial charge < -0.3 is 0 Å². The third-order valence-corrected chi connectivity index (χ3v) is 5.63. The molecule has 0 radical (unpaired) electrons. The lowest BCUT2D eigenvalue weighted by atomic mass is 9.96. The molecule has 0 spiro atoms. The fraction of sp³-hybridized carbons (Fsp3) is 0.450. The molecule has 0 N–H and O–H groups in total. The number of thioether (sulfide) groups is 1. The topological polar surface area (TPSA) is 16.1 Å². The zero-order valence-corrected chi connectivity index (χ0v) is 14.5. The first-order chi connectivity index (χ1) is 11.4. The van der Waals surface area contributed by atoms with E-state index in [1.807, 2.05) is 24.2 Å². The van der Waals surface area contributed by atoms with Gasteiger partial charge in [0, 0.05) is 23.3 Å². The predicted molar refractivity (Wildman–Crippen MR) is 98.8 cm³/mol. The van der Waals surface area contributed by atoms with Gasteiger partial charge in [0.15, 0.2) is 0 Å². The molecule has 1 fully saturated rings. The predicted octanol–water partition coefficient (Wildman–Crippen LogP) is 5.18. The van der Waals surface area contributed by atoms with Crippen molar-refractivity contribution in [1.29, 1.82) is 0 Å². The molecule has 1 atom stereocenters. The summed E-state index contributed by atoms with van der Waals surface area (Å²) < 4.78 is 0. The molecule has 2 aromatic rings. The van der Waals surface area contributed by atoms with Crippen LogP contribution in [0.5, 0.6) is 0 Å². The van der Waals surface area contributed by atoms with Gasteiger partial charge in [-0.15, -0.1) is 11.8 Å². The van der Waals surface area contributed by atoms with E-state index in [1.165, 1.54) is 61.4 Å². The highest BCUT2D eigenvalue weighted by Gasteiger charge is 2.23. The van der Waals surface area contributed by atoms with Gasteiger partial charge in [0.1, 0.15) is 0 Å². The molecule has 2 nitrogen and oxygen atoms in total. The Labute approximate surface area is 144 Å². The highest BCUT2D eigenvalue weighted by atomic mass is 32.2. The van der Waals surface area contributed by atoms with Crippen LogP contribution in [0.25, 0.3) is 0 Å². The van der Waals surface area contributed by atoms with Gasteiger partial charge in [0.2, 0.25) is 0 Å². The van der Waals surface area contributed by atoms with Crippen LogP contribution in [-0.2, 0) is 0 Å². The number of piperidine rings is 1. The Kier molecular flexibility index (Phi) is 6.54. The molecule has 0 amide bonds. The van der Waals surface area contributed by atoms with E-state index in [-0.39, 0.29) is 0 Å². The van der Waals surface area contributed by atoms with Crippen LogP contribution in [0.1, 0.15) is 43.7 Å². The summed E-state index contributed by atoms with van der Waals surface area (Å²) in [6.07, 6.45) is 10.5. The van der Waals surface area contributed by atoms with Gasteiger partial charge in [-0.3, -0.25) is 9.88 Å². The number of likely N-dealkylation sites (tertiary alicyclic amines) is 1. The van der Waals surface area contributed by atoms with Crippen molar-refractivity contribution in [2.24, 2.45) is 0 Å². The number of hydrogen-bond acceptors (Lipinski definition) is 3. The smallest absolute Gasteiger partial charge is 0.0363 e. The SMILES string of the molecule is c1ccc(SCCCCN2CCCCC2c2cccnc2)cc1. The molecule has 23 heavy (non-hydrogen) atoms. The molecule has 1 aromatic carbocycles. The van der Waals surface area contributed by atoms with Crippen LogP contribution in [0.4, 0.5) is 0 Å². The van der Waals surface area contributed by atoms with Gasteiger partial charge >= 0.3 is 0 Å². The lowest BCUT2D eigenvalue weighted by Crippen LogP contribution is -2.34. The van der Waals surface area contributed by atoms with Crippen molar-refractivity contribution in [3.63, 3.8) is 0 Å².